The molecule has 0 unspecified atom stereocenters. The Morgan fingerprint density at radius 2 is 1.88 bits per heavy atom. The summed E-state index contributed by atoms with van der Waals surface area (Å²) >= 11 is 0. The van der Waals surface area contributed by atoms with Crippen LogP contribution in [0.25, 0.3) is 5.70 Å². The summed E-state index contributed by atoms with van der Waals surface area (Å²) in [4.78, 5) is 12.0. The first-order valence-electron chi connectivity index (χ1n) is 12.0. The first-order chi connectivity index (χ1) is 16.5. The molecule has 2 aliphatic rings. The molecule has 0 spiro atoms. The lowest BCUT2D eigenvalue weighted by atomic mass is 9.68. The minimum Gasteiger partial charge on any atom is -0.496 e. The first kappa shape index (κ1) is 23.9. The van der Waals surface area contributed by atoms with Crippen LogP contribution in [0.15, 0.2) is 66.8 Å². The van der Waals surface area contributed by atoms with E-state index in [0.29, 0.717) is 18.8 Å². The lowest BCUT2D eigenvalue weighted by Gasteiger charge is -2.41. The third kappa shape index (κ3) is 5.61. The van der Waals surface area contributed by atoms with E-state index in [-0.39, 0.29) is 17.3 Å². The van der Waals surface area contributed by atoms with Crippen molar-refractivity contribution in [3.8, 4) is 5.75 Å². The van der Waals surface area contributed by atoms with E-state index in [4.69, 9.17) is 9.47 Å². The highest BCUT2D eigenvalue weighted by atomic mass is 19.1. The molecular weight excluding hydrogens is 431 g/mol. The number of halogens is 1. The van der Waals surface area contributed by atoms with Gasteiger partial charge >= 0.3 is 6.09 Å². The molecular formula is C28H33FN2O3. The number of methoxy groups -OCH3 is 1. The highest BCUT2D eigenvalue weighted by Crippen LogP contribution is 2.42. The van der Waals surface area contributed by atoms with Crippen LogP contribution in [0.5, 0.6) is 5.75 Å². The van der Waals surface area contributed by atoms with Crippen LogP contribution in [0.2, 0.25) is 0 Å². The number of allylic oxidation sites excluding steroid dienone is 1. The van der Waals surface area contributed by atoms with Gasteiger partial charge in [0.2, 0.25) is 0 Å². The predicted octanol–water partition coefficient (Wildman–Crippen LogP) is 5.72. The molecule has 0 radical (unpaired) electrons. The number of benzene rings is 2. The van der Waals surface area contributed by atoms with Gasteiger partial charge < -0.3 is 20.1 Å². The third-order valence-electron chi connectivity index (χ3n) is 6.83. The van der Waals surface area contributed by atoms with Gasteiger partial charge in [-0.05, 0) is 67.9 Å². The van der Waals surface area contributed by atoms with Crippen molar-refractivity contribution in [3.63, 3.8) is 0 Å². The molecule has 34 heavy (non-hydrogen) atoms. The normalized spacial score (nSPS) is 21.4. The zero-order chi connectivity index (χ0) is 24.0. The fourth-order valence-electron chi connectivity index (χ4n) is 4.83. The number of hydrogen-bond acceptors (Lipinski definition) is 4. The molecule has 0 bridgehead atoms. The van der Waals surface area contributed by atoms with Gasteiger partial charge in [-0.1, -0.05) is 36.4 Å². The zero-order valence-corrected chi connectivity index (χ0v) is 19.7. The predicted molar refractivity (Wildman–Crippen MR) is 132 cm³/mol. The van der Waals surface area contributed by atoms with E-state index in [1.807, 2.05) is 6.07 Å². The van der Waals surface area contributed by atoms with Crippen LogP contribution in [0.1, 0.15) is 49.7 Å². The Morgan fingerprint density at radius 3 is 2.53 bits per heavy atom. The molecule has 2 saturated carbocycles. The van der Waals surface area contributed by atoms with Crippen LogP contribution >= 0.6 is 0 Å². The summed E-state index contributed by atoms with van der Waals surface area (Å²) in [5, 5.41) is 6.38. The van der Waals surface area contributed by atoms with Gasteiger partial charge in [0.1, 0.15) is 17.7 Å². The molecule has 0 saturated heterocycles. The lowest BCUT2D eigenvalue weighted by Crippen LogP contribution is -2.43. The molecule has 4 rings (SSSR count). The van der Waals surface area contributed by atoms with E-state index in [9.17, 15) is 9.18 Å². The Labute approximate surface area is 201 Å². The van der Waals surface area contributed by atoms with Crippen molar-refractivity contribution >= 4 is 11.8 Å². The van der Waals surface area contributed by atoms with Crippen LogP contribution in [0, 0.1) is 5.82 Å². The van der Waals surface area contributed by atoms with Gasteiger partial charge in [-0.3, -0.25) is 0 Å². The number of ether oxygens (including phenoxy) is 2. The SMILES string of the molecule is C=CCNC(=O)OC1CCC(CNC(=C2CC2)c2cc(F)ccc2OC)(c2ccccc2)CC1. The van der Waals surface area contributed by atoms with Crippen LogP contribution < -0.4 is 15.4 Å². The minimum absolute atomic E-state index is 0.105. The second kappa shape index (κ2) is 10.8. The van der Waals surface area contributed by atoms with E-state index in [2.05, 4.69) is 41.5 Å². The van der Waals surface area contributed by atoms with Gasteiger partial charge in [-0.2, -0.15) is 0 Å². The summed E-state index contributed by atoms with van der Waals surface area (Å²) in [5.74, 6) is 0.390. The Bertz CT molecular complexity index is 1040. The molecule has 1 amide bonds. The largest absolute Gasteiger partial charge is 0.496 e. The molecule has 2 N–H and O–H groups in total. The summed E-state index contributed by atoms with van der Waals surface area (Å²) < 4.78 is 25.3. The summed E-state index contributed by atoms with van der Waals surface area (Å²) in [7, 11) is 1.61. The second-order valence-corrected chi connectivity index (χ2v) is 9.10. The Balaban J connectivity index is 1.52. The smallest absolute Gasteiger partial charge is 0.407 e. The lowest BCUT2D eigenvalue weighted by molar-refractivity contribution is 0.0582. The van der Waals surface area contributed by atoms with Gasteiger partial charge in [0, 0.05) is 29.8 Å². The molecule has 2 aromatic rings. The quantitative estimate of drug-likeness (QED) is 0.466. The minimum atomic E-state index is -0.394. The molecule has 6 heteroatoms. The molecule has 0 aliphatic heterocycles. The standard InChI is InChI=1S/C28H33FN2O3/c1-3-17-30-27(32)34-23-13-15-28(16-14-23,21-7-5-4-6-8-21)19-31-26(20-9-10-20)24-18-22(29)11-12-25(24)33-2/h3-8,11-12,18,23,31H,1,9-10,13-17,19H2,2H3,(H,30,32). The van der Waals surface area contributed by atoms with Crippen molar-refractivity contribution in [2.45, 2.75) is 50.0 Å². The summed E-state index contributed by atoms with van der Waals surface area (Å²) in [6.07, 6.45) is 6.49. The topological polar surface area (TPSA) is 59.6 Å². The van der Waals surface area contributed by atoms with Gasteiger partial charge in [0.05, 0.1) is 7.11 Å². The number of carbonyl (C=O) groups excluding carboxylic acids is 1. The van der Waals surface area contributed by atoms with Gasteiger partial charge in [-0.25, -0.2) is 9.18 Å². The molecule has 5 nitrogen and oxygen atoms in total. The van der Waals surface area contributed by atoms with Crippen LogP contribution in [-0.2, 0) is 10.2 Å². The van der Waals surface area contributed by atoms with Crippen molar-refractivity contribution in [2.75, 3.05) is 20.2 Å². The van der Waals surface area contributed by atoms with Crippen molar-refractivity contribution in [3.05, 3.63) is 83.7 Å². The van der Waals surface area contributed by atoms with Crippen LogP contribution in [0.4, 0.5) is 9.18 Å². The number of rotatable bonds is 9. The van der Waals surface area contributed by atoms with Crippen molar-refractivity contribution in [1.29, 1.82) is 0 Å². The van der Waals surface area contributed by atoms with Crippen LogP contribution in [-0.4, -0.2) is 32.4 Å². The number of hydrogen-bond donors (Lipinski definition) is 2. The average Bonchev–Trinajstić information content (AvgIpc) is 3.70. The van der Waals surface area contributed by atoms with Crippen molar-refractivity contribution < 1.29 is 18.7 Å². The molecule has 2 fully saturated rings. The monoisotopic (exact) mass is 464 g/mol. The zero-order valence-electron chi connectivity index (χ0n) is 19.7. The summed E-state index contributed by atoms with van der Waals surface area (Å²) in [6.45, 7) is 4.72. The summed E-state index contributed by atoms with van der Waals surface area (Å²) in [6, 6.07) is 15.2. The van der Waals surface area contributed by atoms with Gasteiger partial charge in [-0.15, -0.1) is 6.58 Å². The van der Waals surface area contributed by atoms with Gasteiger partial charge in [0.15, 0.2) is 0 Å². The molecule has 2 aromatic carbocycles. The third-order valence-corrected chi connectivity index (χ3v) is 6.83. The first-order valence-corrected chi connectivity index (χ1v) is 12.0. The number of carbonyl (C=O) groups is 1. The summed E-state index contributed by atoms with van der Waals surface area (Å²) in [5.41, 5.74) is 4.20. The maximum atomic E-state index is 14.1. The van der Waals surface area contributed by atoms with E-state index in [1.165, 1.54) is 17.2 Å². The van der Waals surface area contributed by atoms with E-state index in [1.54, 1.807) is 25.3 Å². The van der Waals surface area contributed by atoms with E-state index in [0.717, 1.165) is 49.8 Å². The molecule has 0 heterocycles. The van der Waals surface area contributed by atoms with E-state index >= 15 is 0 Å². The highest BCUT2D eigenvalue weighted by Gasteiger charge is 2.38. The highest BCUT2D eigenvalue weighted by molar-refractivity contribution is 5.74. The van der Waals surface area contributed by atoms with Gasteiger partial charge in [0.25, 0.3) is 0 Å². The van der Waals surface area contributed by atoms with Crippen LogP contribution in [0.3, 0.4) is 0 Å². The van der Waals surface area contributed by atoms with Crippen molar-refractivity contribution in [1.82, 2.24) is 10.6 Å². The molecule has 0 aromatic heterocycles. The second-order valence-electron chi connectivity index (χ2n) is 9.10. The van der Waals surface area contributed by atoms with Crippen molar-refractivity contribution in [2.24, 2.45) is 0 Å². The maximum Gasteiger partial charge on any atom is 0.407 e. The Kier molecular flexibility index (Phi) is 7.56. The molecule has 180 valence electrons. The van der Waals surface area contributed by atoms with E-state index < -0.39 is 6.09 Å². The average molecular weight is 465 g/mol. The number of alkyl carbamates (subject to hydrolysis) is 1. The molecule has 0 atom stereocenters. The Morgan fingerprint density at radius 1 is 1.15 bits per heavy atom. The maximum absolute atomic E-state index is 14.1. The molecule has 2 aliphatic carbocycles. The fraction of sp³-hybridized carbons (Fsp3) is 0.393. The number of nitrogens with one attached hydrogen (secondary N) is 2. The fourth-order valence-corrected chi connectivity index (χ4v) is 4.83. The number of amides is 1. The Hall–Kier alpha value is -3.28.